The number of hydrogen-bond donors (Lipinski definition) is 0. The average molecular weight is 637 g/mol. The molecule has 0 nitrogen and oxygen atoms in total. The van der Waals surface area contributed by atoms with E-state index >= 15 is 0 Å². The summed E-state index contributed by atoms with van der Waals surface area (Å²) in [5.41, 5.74) is 0. The normalized spacial score (nSPS) is 13.9. The monoisotopic (exact) mass is 636 g/mol. The summed E-state index contributed by atoms with van der Waals surface area (Å²) in [4.78, 5) is 11.9. The Morgan fingerprint density at radius 1 is 0.537 bits per heavy atom. The van der Waals surface area contributed by atoms with Gasteiger partial charge in [-0.25, -0.2) is 0 Å². The molecule has 1 aliphatic heterocycles. The zero-order valence-corrected chi connectivity index (χ0v) is 29.9. The zero-order valence-electron chi connectivity index (χ0n) is 25.7. The van der Waals surface area contributed by atoms with E-state index in [2.05, 4.69) is 98.9 Å². The molecule has 5 rings (SSSR count). The number of fused-ring (bicyclic) bond motifs is 3. The van der Waals surface area contributed by atoms with E-state index < -0.39 is 8.07 Å². The first-order valence-corrected chi connectivity index (χ1v) is 21.8. The van der Waals surface area contributed by atoms with E-state index in [0.717, 1.165) is 0 Å². The number of hydrogen-bond acceptors (Lipinski definition) is 4. The van der Waals surface area contributed by atoms with Gasteiger partial charge in [-0.2, -0.15) is 0 Å². The van der Waals surface area contributed by atoms with Crippen LogP contribution >= 0.6 is 45.3 Å². The maximum absolute atomic E-state index is 2.68. The fourth-order valence-corrected chi connectivity index (χ4v) is 17.7. The maximum Gasteiger partial charge on any atom is 0.122 e. The van der Waals surface area contributed by atoms with Crippen LogP contribution in [0.5, 0.6) is 0 Å². The molecule has 5 heterocycles. The van der Waals surface area contributed by atoms with Crippen LogP contribution in [0.2, 0.25) is 12.1 Å². The first kappa shape index (κ1) is 31.2. The Balaban J connectivity index is 1.40. The fourth-order valence-electron chi connectivity index (χ4n) is 6.58. The van der Waals surface area contributed by atoms with E-state index in [4.69, 9.17) is 0 Å². The third kappa shape index (κ3) is 7.46. The van der Waals surface area contributed by atoms with Crippen LogP contribution < -0.4 is 10.4 Å². The molecule has 0 N–H and O–H groups in total. The molecule has 0 saturated carbocycles. The molecule has 0 saturated heterocycles. The quantitative estimate of drug-likeness (QED) is 0.0799. The van der Waals surface area contributed by atoms with Crippen molar-refractivity contribution in [1.82, 2.24) is 0 Å². The summed E-state index contributed by atoms with van der Waals surface area (Å²) in [6, 6.07) is 17.4. The molecular weight excluding hydrogens is 589 g/mol. The molecule has 5 heteroatoms. The molecule has 0 unspecified atom stereocenters. The molecule has 0 amide bonds. The molecule has 0 bridgehead atoms. The van der Waals surface area contributed by atoms with Gasteiger partial charge in [-0.05, 0) is 84.9 Å². The van der Waals surface area contributed by atoms with E-state index in [1.54, 1.807) is 14.9 Å². The summed E-state index contributed by atoms with van der Waals surface area (Å²) in [5, 5.41) is 3.62. The van der Waals surface area contributed by atoms with Crippen molar-refractivity contribution in [1.29, 1.82) is 0 Å². The van der Waals surface area contributed by atoms with Gasteiger partial charge in [-0.3, -0.25) is 0 Å². The number of unbranched alkanes of at least 4 members (excludes halogenated alkanes) is 10. The molecule has 0 atom stereocenters. The highest BCUT2D eigenvalue weighted by atomic mass is 32.1. The predicted octanol–water partition coefficient (Wildman–Crippen LogP) is 12.7. The Labute approximate surface area is 266 Å². The summed E-state index contributed by atoms with van der Waals surface area (Å²) in [7, 11) is -1.74. The number of aryl methyl sites for hydroxylation is 2. The van der Waals surface area contributed by atoms with Crippen molar-refractivity contribution in [3.8, 4) is 19.5 Å². The highest BCUT2D eigenvalue weighted by Gasteiger charge is 2.47. The van der Waals surface area contributed by atoms with E-state index in [0.29, 0.717) is 0 Å². The van der Waals surface area contributed by atoms with Gasteiger partial charge in [0.2, 0.25) is 0 Å². The lowest BCUT2D eigenvalue weighted by Crippen LogP contribution is -2.54. The van der Waals surface area contributed by atoms with Gasteiger partial charge in [0.1, 0.15) is 8.07 Å². The molecule has 4 aromatic heterocycles. The van der Waals surface area contributed by atoms with Crippen LogP contribution in [0.4, 0.5) is 0 Å². The van der Waals surface area contributed by atoms with Crippen LogP contribution in [-0.2, 0) is 0 Å². The Bertz CT molecular complexity index is 1390. The molecule has 0 aliphatic carbocycles. The lowest BCUT2D eigenvalue weighted by atomic mass is 10.1. The highest BCUT2D eigenvalue weighted by Crippen LogP contribution is 2.46. The van der Waals surface area contributed by atoms with Crippen molar-refractivity contribution >= 4 is 75.9 Å². The predicted molar refractivity (Wildman–Crippen MR) is 195 cm³/mol. The van der Waals surface area contributed by atoms with Crippen molar-refractivity contribution in [3.05, 3.63) is 55.9 Å². The zero-order chi connectivity index (χ0) is 28.7. The van der Waals surface area contributed by atoms with Crippen LogP contribution in [-0.4, -0.2) is 8.07 Å². The molecule has 4 aromatic rings. The summed E-state index contributed by atoms with van der Waals surface area (Å²) in [6.07, 6.45) is 21.4. The lowest BCUT2D eigenvalue weighted by molar-refractivity contribution is 0.616. The molecule has 0 spiro atoms. The summed E-state index contributed by atoms with van der Waals surface area (Å²) < 4.78 is 0. The summed E-state index contributed by atoms with van der Waals surface area (Å²) in [5.74, 6) is 0. The third-order valence-corrected chi connectivity index (χ3v) is 19.0. The Morgan fingerprint density at radius 3 is 1.73 bits per heavy atom. The number of thiophene rings is 4. The van der Waals surface area contributed by atoms with Gasteiger partial charge in [0, 0.05) is 39.0 Å². The van der Waals surface area contributed by atoms with E-state index in [-0.39, 0.29) is 0 Å². The summed E-state index contributed by atoms with van der Waals surface area (Å²) in [6.45, 7) is 9.19. The molecule has 0 fully saturated rings. The van der Waals surface area contributed by atoms with Gasteiger partial charge < -0.3 is 0 Å². The second-order valence-corrected chi connectivity index (χ2v) is 21.0. The Kier molecular flexibility index (Phi) is 11.4. The molecule has 1 aliphatic rings. The summed E-state index contributed by atoms with van der Waals surface area (Å²) >= 11 is 8.01. The van der Waals surface area contributed by atoms with Crippen LogP contribution in [0.1, 0.15) is 110 Å². The van der Waals surface area contributed by atoms with Gasteiger partial charge >= 0.3 is 0 Å². The number of rotatable bonds is 17. The molecule has 0 radical (unpaired) electrons. The topological polar surface area (TPSA) is 0 Å². The van der Waals surface area contributed by atoms with Crippen LogP contribution in [0.3, 0.4) is 0 Å². The fraction of sp³-hybridized carbons (Fsp3) is 0.500. The van der Waals surface area contributed by atoms with Gasteiger partial charge in [-0.15, -0.1) is 45.3 Å². The Hall–Kier alpha value is -1.24. The smallest absolute Gasteiger partial charge is 0.122 e. The van der Waals surface area contributed by atoms with Crippen molar-refractivity contribution < 1.29 is 0 Å². The van der Waals surface area contributed by atoms with Crippen molar-refractivity contribution in [2.24, 2.45) is 0 Å². The largest absolute Gasteiger partial charge is 0.141 e. The average Bonchev–Trinajstić information content (AvgIpc) is 3.78. The van der Waals surface area contributed by atoms with Crippen LogP contribution in [0.15, 0.2) is 36.4 Å². The van der Waals surface area contributed by atoms with Gasteiger partial charge in [0.05, 0.1) is 0 Å². The minimum absolute atomic E-state index is 1.34. The van der Waals surface area contributed by atoms with Gasteiger partial charge in [-0.1, -0.05) is 90.9 Å². The standard InChI is InChI=1S/C36H48S4Si/c1-5-7-9-11-13-15-23-41(24-16-14-12-10-8-6-2)33-25-28(4)38-35(33)36-34(41)26-32(40-36)31-22-21-30(39-31)20-19-29-18-17-27(3)37-29/h17-22,25-26H,5-16,23-24H2,1-4H3/b20-19+. The van der Waals surface area contributed by atoms with Crippen LogP contribution in [0.25, 0.3) is 31.7 Å². The van der Waals surface area contributed by atoms with Crippen molar-refractivity contribution in [2.75, 3.05) is 0 Å². The minimum Gasteiger partial charge on any atom is -0.141 e. The first-order chi connectivity index (χ1) is 20.0. The maximum atomic E-state index is 2.68. The van der Waals surface area contributed by atoms with Crippen LogP contribution in [0, 0.1) is 13.8 Å². The second-order valence-electron chi connectivity index (χ2n) is 12.1. The molecule has 41 heavy (non-hydrogen) atoms. The van der Waals surface area contributed by atoms with E-state index in [9.17, 15) is 0 Å². The van der Waals surface area contributed by atoms with E-state index in [1.165, 1.54) is 118 Å². The third-order valence-electron chi connectivity index (χ3n) is 8.78. The van der Waals surface area contributed by atoms with Crippen molar-refractivity contribution in [2.45, 2.75) is 117 Å². The molecule has 220 valence electrons. The second kappa shape index (κ2) is 15.0. The van der Waals surface area contributed by atoms with Crippen molar-refractivity contribution in [3.63, 3.8) is 0 Å². The minimum atomic E-state index is -1.74. The highest BCUT2D eigenvalue weighted by molar-refractivity contribution is 7.32. The first-order valence-electron chi connectivity index (χ1n) is 16.1. The molecular formula is C36H48S4Si. The van der Waals surface area contributed by atoms with E-state index in [1.807, 2.05) is 27.9 Å². The van der Waals surface area contributed by atoms with Gasteiger partial charge in [0.15, 0.2) is 0 Å². The Morgan fingerprint density at radius 2 is 1.10 bits per heavy atom. The lowest BCUT2D eigenvalue weighted by Gasteiger charge is -2.29. The SMILES string of the molecule is CCCCCCCC[Si]1(CCCCCCCC)c2cc(C)sc2-c2sc(-c3ccc(/C=C/c4ccc(C)s4)s3)cc21. The van der Waals surface area contributed by atoms with Gasteiger partial charge in [0.25, 0.3) is 0 Å². The molecule has 0 aromatic carbocycles.